The van der Waals surface area contributed by atoms with E-state index in [1.165, 1.54) is 12.4 Å². The SMILES string of the molecule is CN1CCC(c2c(N)cncc2F)CC1. The van der Waals surface area contributed by atoms with Crippen molar-refractivity contribution in [2.75, 3.05) is 25.9 Å². The van der Waals surface area contributed by atoms with Gasteiger partial charge in [0.2, 0.25) is 0 Å². The number of halogens is 1. The van der Waals surface area contributed by atoms with Crippen LogP contribution in [0.5, 0.6) is 0 Å². The van der Waals surface area contributed by atoms with Crippen LogP contribution in [-0.2, 0) is 0 Å². The predicted octanol–water partition coefficient (Wildman–Crippen LogP) is 1.61. The summed E-state index contributed by atoms with van der Waals surface area (Å²) in [6, 6.07) is 0. The van der Waals surface area contributed by atoms with Gasteiger partial charge >= 0.3 is 0 Å². The third-order valence-corrected chi connectivity index (χ3v) is 3.10. The molecule has 4 heteroatoms. The van der Waals surface area contributed by atoms with Crippen LogP contribution in [-0.4, -0.2) is 30.0 Å². The van der Waals surface area contributed by atoms with Gasteiger partial charge in [0.25, 0.3) is 0 Å². The molecule has 0 saturated carbocycles. The van der Waals surface area contributed by atoms with Crippen LogP contribution < -0.4 is 5.73 Å². The fourth-order valence-electron chi connectivity index (χ4n) is 2.19. The molecule has 1 aliphatic heterocycles. The highest BCUT2D eigenvalue weighted by Gasteiger charge is 2.23. The lowest BCUT2D eigenvalue weighted by Crippen LogP contribution is -2.29. The summed E-state index contributed by atoms with van der Waals surface area (Å²) in [4.78, 5) is 6.00. The number of nitrogen functional groups attached to an aromatic ring is 1. The topological polar surface area (TPSA) is 42.1 Å². The van der Waals surface area contributed by atoms with Gasteiger partial charge in [-0.2, -0.15) is 0 Å². The van der Waals surface area contributed by atoms with Crippen molar-refractivity contribution in [3.8, 4) is 0 Å². The lowest BCUT2D eigenvalue weighted by molar-refractivity contribution is 0.253. The number of hydrogen-bond donors (Lipinski definition) is 1. The molecule has 1 aromatic heterocycles. The fraction of sp³-hybridized carbons (Fsp3) is 0.545. The molecule has 0 radical (unpaired) electrons. The minimum Gasteiger partial charge on any atom is -0.397 e. The van der Waals surface area contributed by atoms with E-state index >= 15 is 0 Å². The van der Waals surface area contributed by atoms with E-state index in [2.05, 4.69) is 16.9 Å². The molecule has 0 bridgehead atoms. The number of likely N-dealkylation sites (tertiary alicyclic amines) is 1. The Morgan fingerprint density at radius 1 is 1.40 bits per heavy atom. The molecule has 3 nitrogen and oxygen atoms in total. The van der Waals surface area contributed by atoms with Gasteiger partial charge in [0.05, 0.1) is 18.1 Å². The molecule has 0 atom stereocenters. The van der Waals surface area contributed by atoms with E-state index in [0.717, 1.165) is 25.9 Å². The van der Waals surface area contributed by atoms with Crippen LogP contribution >= 0.6 is 0 Å². The molecule has 0 aromatic carbocycles. The first kappa shape index (κ1) is 10.4. The molecular weight excluding hydrogens is 193 g/mol. The molecule has 2 rings (SSSR count). The van der Waals surface area contributed by atoms with Gasteiger partial charge in [-0.05, 0) is 38.9 Å². The Bertz CT molecular complexity index is 325. The normalized spacial score (nSPS) is 19.3. The Morgan fingerprint density at radius 3 is 2.67 bits per heavy atom. The van der Waals surface area contributed by atoms with Gasteiger partial charge in [0.1, 0.15) is 5.82 Å². The summed E-state index contributed by atoms with van der Waals surface area (Å²) in [5, 5.41) is 0. The summed E-state index contributed by atoms with van der Waals surface area (Å²) in [7, 11) is 2.09. The largest absolute Gasteiger partial charge is 0.397 e. The highest BCUT2D eigenvalue weighted by Crippen LogP contribution is 2.32. The molecule has 1 fully saturated rings. The van der Waals surface area contributed by atoms with Crippen LogP contribution in [0, 0.1) is 5.82 Å². The van der Waals surface area contributed by atoms with Gasteiger partial charge in [-0.1, -0.05) is 0 Å². The molecule has 1 saturated heterocycles. The summed E-state index contributed by atoms with van der Waals surface area (Å²) < 4.78 is 13.6. The van der Waals surface area contributed by atoms with E-state index in [0.29, 0.717) is 11.3 Å². The van der Waals surface area contributed by atoms with Crippen LogP contribution in [0.2, 0.25) is 0 Å². The zero-order valence-corrected chi connectivity index (χ0v) is 8.91. The first-order chi connectivity index (χ1) is 7.18. The standard InChI is InChI=1S/C11H16FN3/c1-15-4-2-8(3-5-15)11-9(12)6-14-7-10(11)13/h6-8H,2-5,13H2,1H3. The number of rotatable bonds is 1. The quantitative estimate of drug-likeness (QED) is 0.764. The summed E-state index contributed by atoms with van der Waals surface area (Å²) in [5.41, 5.74) is 6.93. The van der Waals surface area contributed by atoms with E-state index in [1.807, 2.05) is 0 Å². The number of aromatic nitrogens is 1. The van der Waals surface area contributed by atoms with Crippen molar-refractivity contribution >= 4 is 5.69 Å². The lowest BCUT2D eigenvalue weighted by Gasteiger charge is -2.29. The maximum atomic E-state index is 13.6. The first-order valence-electron chi connectivity index (χ1n) is 5.26. The number of pyridine rings is 1. The van der Waals surface area contributed by atoms with Gasteiger partial charge in [-0.25, -0.2) is 4.39 Å². The van der Waals surface area contributed by atoms with Crippen molar-refractivity contribution in [2.45, 2.75) is 18.8 Å². The van der Waals surface area contributed by atoms with E-state index in [-0.39, 0.29) is 11.7 Å². The maximum Gasteiger partial charge on any atom is 0.147 e. The molecule has 1 aromatic rings. The van der Waals surface area contributed by atoms with Gasteiger partial charge in [0.15, 0.2) is 0 Å². The third-order valence-electron chi connectivity index (χ3n) is 3.10. The summed E-state index contributed by atoms with van der Waals surface area (Å²) in [5.74, 6) is -0.00578. The average Bonchev–Trinajstić information content (AvgIpc) is 2.20. The Balaban J connectivity index is 2.22. The van der Waals surface area contributed by atoms with Crippen LogP contribution in [0.4, 0.5) is 10.1 Å². The number of anilines is 1. The van der Waals surface area contributed by atoms with E-state index < -0.39 is 0 Å². The number of piperidine rings is 1. The van der Waals surface area contributed by atoms with Gasteiger partial charge in [0, 0.05) is 5.56 Å². The minimum absolute atomic E-state index is 0.254. The number of hydrogen-bond acceptors (Lipinski definition) is 3. The minimum atomic E-state index is -0.260. The second kappa shape index (κ2) is 4.14. The van der Waals surface area contributed by atoms with E-state index in [9.17, 15) is 4.39 Å². The fourth-order valence-corrected chi connectivity index (χ4v) is 2.19. The van der Waals surface area contributed by atoms with Crippen molar-refractivity contribution in [3.63, 3.8) is 0 Å². The molecule has 15 heavy (non-hydrogen) atoms. The highest BCUT2D eigenvalue weighted by atomic mass is 19.1. The Hall–Kier alpha value is -1.16. The Morgan fingerprint density at radius 2 is 2.07 bits per heavy atom. The summed E-state index contributed by atoms with van der Waals surface area (Å²) in [6.07, 6.45) is 4.74. The van der Waals surface area contributed by atoms with Gasteiger partial charge < -0.3 is 10.6 Å². The van der Waals surface area contributed by atoms with Crippen LogP contribution in [0.25, 0.3) is 0 Å². The Labute approximate surface area is 89.1 Å². The van der Waals surface area contributed by atoms with Crippen LogP contribution in [0.1, 0.15) is 24.3 Å². The van der Waals surface area contributed by atoms with E-state index in [4.69, 9.17) is 5.73 Å². The monoisotopic (exact) mass is 209 g/mol. The molecule has 2 N–H and O–H groups in total. The van der Waals surface area contributed by atoms with Crippen LogP contribution in [0.3, 0.4) is 0 Å². The average molecular weight is 209 g/mol. The maximum absolute atomic E-state index is 13.6. The van der Waals surface area contributed by atoms with Crippen molar-refractivity contribution in [2.24, 2.45) is 0 Å². The van der Waals surface area contributed by atoms with Gasteiger partial charge in [-0.15, -0.1) is 0 Å². The molecule has 82 valence electrons. The molecule has 0 spiro atoms. The van der Waals surface area contributed by atoms with Gasteiger partial charge in [-0.3, -0.25) is 4.98 Å². The summed E-state index contributed by atoms with van der Waals surface area (Å²) >= 11 is 0. The molecular formula is C11H16FN3. The smallest absolute Gasteiger partial charge is 0.147 e. The molecule has 0 amide bonds. The molecule has 2 heterocycles. The van der Waals surface area contributed by atoms with Crippen molar-refractivity contribution in [3.05, 3.63) is 23.8 Å². The Kier molecular flexibility index (Phi) is 2.86. The predicted molar refractivity (Wildman–Crippen MR) is 58.1 cm³/mol. The second-order valence-corrected chi connectivity index (χ2v) is 4.20. The van der Waals surface area contributed by atoms with E-state index in [1.54, 1.807) is 0 Å². The number of nitrogens with two attached hydrogens (primary N) is 1. The van der Waals surface area contributed by atoms with Crippen molar-refractivity contribution < 1.29 is 4.39 Å². The highest BCUT2D eigenvalue weighted by molar-refractivity contribution is 5.47. The number of nitrogens with zero attached hydrogens (tertiary/aromatic N) is 2. The molecule has 0 aliphatic carbocycles. The summed E-state index contributed by atoms with van der Waals surface area (Å²) in [6.45, 7) is 2.01. The second-order valence-electron chi connectivity index (χ2n) is 4.20. The lowest BCUT2D eigenvalue weighted by atomic mass is 9.89. The van der Waals surface area contributed by atoms with Crippen LogP contribution in [0.15, 0.2) is 12.4 Å². The van der Waals surface area contributed by atoms with Crippen molar-refractivity contribution in [1.82, 2.24) is 9.88 Å². The van der Waals surface area contributed by atoms with Crippen molar-refractivity contribution in [1.29, 1.82) is 0 Å². The zero-order valence-electron chi connectivity index (χ0n) is 8.91. The molecule has 1 aliphatic rings. The zero-order chi connectivity index (χ0) is 10.8. The first-order valence-corrected chi connectivity index (χ1v) is 5.26. The third kappa shape index (κ3) is 2.09. The molecule has 0 unspecified atom stereocenters.